The predicted molar refractivity (Wildman–Crippen MR) is 147 cm³/mol. The van der Waals surface area contributed by atoms with Crippen molar-refractivity contribution in [2.24, 2.45) is 0 Å². The van der Waals surface area contributed by atoms with Crippen molar-refractivity contribution in [3.05, 3.63) is 13.1 Å². The van der Waals surface area contributed by atoms with E-state index in [1.165, 1.54) is 0 Å². The van der Waals surface area contributed by atoms with Crippen LogP contribution >= 0.6 is 15.8 Å². The fourth-order valence-corrected chi connectivity index (χ4v) is 11.4. The molecule has 0 unspecified atom stereocenters. The van der Waals surface area contributed by atoms with Gasteiger partial charge in [0.15, 0.2) is 0 Å². The van der Waals surface area contributed by atoms with E-state index < -0.39 is 8.07 Å². The number of hydrogen-bond donors (Lipinski definition) is 0. The molecule has 0 aromatic rings. The topological polar surface area (TPSA) is 19.9 Å². The summed E-state index contributed by atoms with van der Waals surface area (Å²) in [5, 5.41) is 0. The normalized spacial score (nSPS) is 10.5. The molecule has 0 aliphatic rings. The first-order valence-corrected chi connectivity index (χ1v) is 17.8. The van der Waals surface area contributed by atoms with Gasteiger partial charge < -0.3 is 6.42 Å². The van der Waals surface area contributed by atoms with Crippen molar-refractivity contribution in [1.29, 1.82) is 0 Å². The Balaban J connectivity index is -0.000000104. The summed E-state index contributed by atoms with van der Waals surface area (Å²) in [6.07, 6.45) is 6.48. The van der Waals surface area contributed by atoms with E-state index in [4.69, 9.17) is 11.1 Å². The van der Waals surface area contributed by atoms with Gasteiger partial charge in [-0.2, -0.15) is 0 Å². The molecule has 0 N–H and O–H groups in total. The third-order valence-corrected chi connectivity index (χ3v) is 12.1. The summed E-state index contributed by atoms with van der Waals surface area (Å²) in [7, 11) is -0.697. The molecule has 0 aromatic heterocycles. The Morgan fingerprint density at radius 2 is 0.774 bits per heavy atom. The van der Waals surface area contributed by atoms with Crippen molar-refractivity contribution in [3.8, 4) is 17.4 Å². The molecule has 0 aliphatic heterocycles. The Morgan fingerprint density at radius 1 is 0.581 bits per heavy atom. The Kier molecular flexibility index (Phi) is 32.0. The van der Waals surface area contributed by atoms with Gasteiger partial charge in [0, 0.05) is 19.5 Å². The Morgan fingerprint density at radius 3 is 0.806 bits per heavy atom. The Bertz CT molecular complexity index is 453. The molecule has 0 fully saturated rings. The molecular formula is C26H51OP2RhSi-. The van der Waals surface area contributed by atoms with Crippen LogP contribution in [0.25, 0.3) is 0 Å². The molecule has 0 aromatic carbocycles. The van der Waals surface area contributed by atoms with E-state index in [1.54, 1.807) is 0 Å². The summed E-state index contributed by atoms with van der Waals surface area (Å²) >= 11 is 0. The second-order valence-corrected chi connectivity index (χ2v) is 22.8. The molecule has 0 rings (SSSR count). The van der Waals surface area contributed by atoms with Gasteiger partial charge >= 0.3 is 11.3 Å². The van der Waals surface area contributed by atoms with Gasteiger partial charge in [-0.25, -0.2) is 5.54 Å². The fraction of sp³-hybridized carbons (Fsp3) is 0.808. The summed E-state index contributed by atoms with van der Waals surface area (Å²) in [5.74, 6) is 4.56. The third kappa shape index (κ3) is 28.5. The third-order valence-electron chi connectivity index (χ3n) is 4.08. The van der Waals surface area contributed by atoms with E-state index >= 15 is 0 Å². The minimum Gasteiger partial charge on any atom is 0 e. The van der Waals surface area contributed by atoms with Crippen LogP contribution in [0.5, 0.6) is 0 Å². The maximum absolute atomic E-state index is 7.50. The summed E-state index contributed by atoms with van der Waals surface area (Å²) in [6.45, 7) is 39.1. The predicted octanol–water partition coefficient (Wildman–Crippen LogP) is 8.80. The minimum absolute atomic E-state index is 0. The first-order valence-electron chi connectivity index (χ1n) is 11.2. The zero-order chi connectivity index (χ0) is 25.2. The molecule has 0 aliphatic carbocycles. The van der Waals surface area contributed by atoms with Crippen molar-refractivity contribution in [1.82, 2.24) is 0 Å². The minimum atomic E-state index is -1.22. The molecule has 0 heterocycles. The van der Waals surface area contributed by atoms with E-state index in [0.29, 0.717) is 0 Å². The zero-order valence-corrected chi connectivity index (χ0v) is 27.5. The average molecular weight is 573 g/mol. The van der Waals surface area contributed by atoms with Crippen LogP contribution in [0.15, 0.2) is 0 Å². The molecule has 5 heteroatoms. The standard InChI is InChI=1S/2C9H21P.C7H9Si.CO.Rh/c2*1-7(2)10(8(3)4)9(5)6;1-5-6-7-8(2,3)4;1-2;/h2*7-9H,1-6H3;2-4H3;;/q;;-1;;. The van der Waals surface area contributed by atoms with Crippen LogP contribution < -0.4 is 0 Å². The van der Waals surface area contributed by atoms with E-state index in [0.717, 1.165) is 34.0 Å². The molecule has 1 radical (unpaired) electrons. The molecule has 0 bridgehead atoms. The summed E-state index contributed by atoms with van der Waals surface area (Å²) in [6, 6.07) is 0. The van der Waals surface area contributed by atoms with Gasteiger partial charge in [-0.3, -0.25) is 11.8 Å². The van der Waals surface area contributed by atoms with E-state index in [9.17, 15) is 0 Å². The van der Waals surface area contributed by atoms with Gasteiger partial charge in [0.1, 0.15) is 8.07 Å². The smallest absolute Gasteiger partial charge is 0 e. The average Bonchev–Trinajstić information content (AvgIpc) is 2.52. The van der Waals surface area contributed by atoms with Crippen LogP contribution in [0.2, 0.25) is 19.6 Å². The van der Waals surface area contributed by atoms with Gasteiger partial charge in [0.25, 0.3) is 0 Å². The maximum atomic E-state index is 7.50. The summed E-state index contributed by atoms with van der Waals surface area (Å²) in [4.78, 5) is 0. The van der Waals surface area contributed by atoms with E-state index in [-0.39, 0.29) is 35.3 Å². The van der Waals surface area contributed by atoms with Crippen LogP contribution in [-0.2, 0) is 24.1 Å². The second-order valence-electron chi connectivity index (χ2n) is 10.1. The van der Waals surface area contributed by atoms with Gasteiger partial charge in [0.2, 0.25) is 0 Å². The van der Waals surface area contributed by atoms with Crippen molar-refractivity contribution in [2.45, 2.75) is 137 Å². The monoisotopic (exact) mass is 572 g/mol. The molecule has 0 saturated carbocycles. The largest absolute Gasteiger partial charge is 0 e. The Hall–Kier alpha value is 0.560. The molecule has 0 amide bonds. The van der Waals surface area contributed by atoms with E-state index in [2.05, 4.69) is 121 Å². The quantitative estimate of drug-likeness (QED) is 0.0997. The van der Waals surface area contributed by atoms with Gasteiger partial charge in [-0.05, 0) is 34.0 Å². The number of hydrogen-bond acceptors (Lipinski definition) is 0. The van der Waals surface area contributed by atoms with Gasteiger partial charge in [-0.1, -0.05) is 119 Å². The molecular weight excluding hydrogens is 521 g/mol. The SMILES string of the molecule is CC(C)P(C(C)C)C(C)C.CC(C)P(C(C)C)C(C)C.[C-]#CC#C[Si](C)(C)C.[C-]#[O+].[Rh]. The van der Waals surface area contributed by atoms with Crippen LogP contribution in [-0.4, -0.2) is 42.0 Å². The molecule has 0 atom stereocenters. The van der Waals surface area contributed by atoms with Gasteiger partial charge in [-0.15, -0.1) is 0 Å². The van der Waals surface area contributed by atoms with Crippen molar-refractivity contribution >= 4 is 23.9 Å². The number of rotatable bonds is 6. The summed E-state index contributed by atoms with van der Waals surface area (Å²) < 4.78 is 7.50. The second kappa shape index (κ2) is 23.7. The Labute approximate surface area is 214 Å². The molecule has 1 nitrogen and oxygen atoms in total. The van der Waals surface area contributed by atoms with E-state index in [1.807, 2.05) is 5.92 Å². The van der Waals surface area contributed by atoms with Crippen LogP contribution in [0.3, 0.4) is 0 Å². The van der Waals surface area contributed by atoms with Crippen molar-refractivity contribution < 1.29 is 24.1 Å². The van der Waals surface area contributed by atoms with Crippen molar-refractivity contribution in [3.63, 3.8) is 0 Å². The van der Waals surface area contributed by atoms with Crippen LogP contribution in [0.4, 0.5) is 0 Å². The molecule has 31 heavy (non-hydrogen) atoms. The van der Waals surface area contributed by atoms with Crippen LogP contribution in [0.1, 0.15) is 83.1 Å². The zero-order valence-electron chi connectivity index (χ0n) is 23.1. The first-order chi connectivity index (χ1) is 13.5. The van der Waals surface area contributed by atoms with Crippen molar-refractivity contribution in [2.75, 3.05) is 0 Å². The molecule has 0 saturated heterocycles. The maximum Gasteiger partial charge on any atom is 0 e. The van der Waals surface area contributed by atoms with Crippen LogP contribution in [0, 0.1) is 30.5 Å². The first kappa shape index (κ1) is 41.8. The molecule has 0 spiro atoms. The molecule has 185 valence electrons. The fourth-order valence-electron chi connectivity index (χ4n) is 3.80. The van der Waals surface area contributed by atoms with Gasteiger partial charge in [0.05, 0.1) is 0 Å². The summed E-state index contributed by atoms with van der Waals surface area (Å²) in [5.41, 5.74) is 8.35.